The molecule has 3 aromatic rings. The molecule has 3 heterocycles. The SMILES string of the molecule is O=c1[nH]nc(SCc2csc(-c3ccccc3Cl)n2)n1CC1CCCO1. The van der Waals surface area contributed by atoms with Crippen molar-refractivity contribution in [3.8, 4) is 10.6 Å². The van der Waals surface area contributed by atoms with Crippen molar-refractivity contribution in [1.82, 2.24) is 19.7 Å². The molecule has 0 radical (unpaired) electrons. The van der Waals surface area contributed by atoms with E-state index in [1.54, 1.807) is 15.9 Å². The fourth-order valence-electron chi connectivity index (χ4n) is 2.84. The zero-order valence-electron chi connectivity index (χ0n) is 13.9. The third kappa shape index (κ3) is 3.88. The van der Waals surface area contributed by atoms with Crippen LogP contribution in [0.3, 0.4) is 0 Å². The van der Waals surface area contributed by atoms with Crippen LogP contribution in [-0.2, 0) is 17.0 Å². The Morgan fingerprint density at radius 1 is 1.42 bits per heavy atom. The van der Waals surface area contributed by atoms with E-state index in [0.717, 1.165) is 35.7 Å². The summed E-state index contributed by atoms with van der Waals surface area (Å²) in [4.78, 5) is 16.7. The van der Waals surface area contributed by atoms with E-state index in [0.29, 0.717) is 22.5 Å². The van der Waals surface area contributed by atoms with Gasteiger partial charge >= 0.3 is 5.69 Å². The minimum atomic E-state index is -0.196. The van der Waals surface area contributed by atoms with Gasteiger partial charge in [0.15, 0.2) is 5.16 Å². The third-order valence-electron chi connectivity index (χ3n) is 4.14. The van der Waals surface area contributed by atoms with Crippen LogP contribution in [0, 0.1) is 0 Å². The van der Waals surface area contributed by atoms with Crippen molar-refractivity contribution in [1.29, 1.82) is 0 Å². The molecule has 4 rings (SSSR count). The maximum atomic E-state index is 12.0. The molecule has 0 aliphatic carbocycles. The number of thioether (sulfide) groups is 1. The molecule has 1 aliphatic rings. The lowest BCUT2D eigenvalue weighted by Crippen LogP contribution is -2.24. The van der Waals surface area contributed by atoms with Crippen LogP contribution < -0.4 is 5.69 Å². The molecule has 0 saturated carbocycles. The molecule has 0 bridgehead atoms. The van der Waals surface area contributed by atoms with Crippen molar-refractivity contribution < 1.29 is 4.74 Å². The Balaban J connectivity index is 1.45. The molecule has 0 spiro atoms. The van der Waals surface area contributed by atoms with Crippen LogP contribution in [-0.4, -0.2) is 32.5 Å². The average molecular weight is 409 g/mol. The number of hydrogen-bond donors (Lipinski definition) is 1. The number of hydrogen-bond acceptors (Lipinski definition) is 6. The number of ether oxygens (including phenoxy) is 1. The summed E-state index contributed by atoms with van der Waals surface area (Å²) in [6.07, 6.45) is 2.12. The van der Waals surface area contributed by atoms with Crippen molar-refractivity contribution in [2.75, 3.05) is 6.61 Å². The van der Waals surface area contributed by atoms with Crippen LogP contribution in [0.5, 0.6) is 0 Å². The minimum absolute atomic E-state index is 0.0933. The summed E-state index contributed by atoms with van der Waals surface area (Å²) in [5.74, 6) is 0.636. The molecule has 1 aliphatic heterocycles. The highest BCUT2D eigenvalue weighted by Crippen LogP contribution is 2.31. The summed E-state index contributed by atoms with van der Waals surface area (Å²) in [5.41, 5.74) is 1.68. The molecule has 2 aromatic heterocycles. The molecule has 9 heteroatoms. The normalized spacial score (nSPS) is 17.0. The van der Waals surface area contributed by atoms with Gasteiger partial charge in [-0.15, -0.1) is 16.4 Å². The van der Waals surface area contributed by atoms with Gasteiger partial charge in [-0.2, -0.15) is 0 Å². The number of aromatic nitrogens is 4. The Labute approximate surface area is 163 Å². The Morgan fingerprint density at radius 2 is 2.31 bits per heavy atom. The van der Waals surface area contributed by atoms with Crippen LogP contribution in [0.4, 0.5) is 0 Å². The highest BCUT2D eigenvalue weighted by molar-refractivity contribution is 7.98. The third-order valence-corrected chi connectivity index (χ3v) is 6.40. The number of halogens is 1. The molecule has 26 heavy (non-hydrogen) atoms. The molecule has 1 unspecified atom stereocenters. The van der Waals surface area contributed by atoms with Crippen LogP contribution >= 0.6 is 34.7 Å². The Hall–Kier alpha value is -1.61. The van der Waals surface area contributed by atoms with Gasteiger partial charge in [0, 0.05) is 23.3 Å². The molecule has 1 N–H and O–H groups in total. The molecule has 1 aromatic carbocycles. The maximum Gasteiger partial charge on any atom is 0.344 e. The van der Waals surface area contributed by atoms with Gasteiger partial charge in [0.05, 0.1) is 23.4 Å². The van der Waals surface area contributed by atoms with E-state index in [4.69, 9.17) is 16.3 Å². The summed E-state index contributed by atoms with van der Waals surface area (Å²) in [6, 6.07) is 7.68. The van der Waals surface area contributed by atoms with Crippen LogP contribution in [0.25, 0.3) is 10.6 Å². The van der Waals surface area contributed by atoms with Gasteiger partial charge in [-0.3, -0.25) is 4.57 Å². The average Bonchev–Trinajstić information content (AvgIpc) is 3.38. The summed E-state index contributed by atoms with van der Waals surface area (Å²) in [7, 11) is 0. The van der Waals surface area contributed by atoms with Crippen molar-refractivity contribution >= 4 is 34.7 Å². The van der Waals surface area contributed by atoms with Crippen LogP contribution in [0.15, 0.2) is 39.6 Å². The van der Waals surface area contributed by atoms with E-state index in [2.05, 4.69) is 15.2 Å². The first-order chi connectivity index (χ1) is 12.7. The van der Waals surface area contributed by atoms with Crippen molar-refractivity contribution in [3.05, 3.63) is 50.8 Å². The maximum absolute atomic E-state index is 12.0. The van der Waals surface area contributed by atoms with Crippen molar-refractivity contribution in [3.63, 3.8) is 0 Å². The number of nitrogens with zero attached hydrogens (tertiary/aromatic N) is 3. The zero-order valence-corrected chi connectivity index (χ0v) is 16.2. The van der Waals surface area contributed by atoms with Gasteiger partial charge in [0.1, 0.15) is 5.01 Å². The van der Waals surface area contributed by atoms with Gasteiger partial charge in [-0.05, 0) is 18.9 Å². The van der Waals surface area contributed by atoms with E-state index in [1.165, 1.54) is 11.8 Å². The molecule has 0 amide bonds. The Morgan fingerprint density at radius 3 is 3.12 bits per heavy atom. The molecule has 1 saturated heterocycles. The second kappa shape index (κ2) is 7.96. The standard InChI is InChI=1S/C17H17ClN4O2S2/c18-14-6-2-1-5-13(14)15-19-11(9-25-15)10-26-17-21-20-16(23)22(17)8-12-4-3-7-24-12/h1-2,5-6,9,12H,3-4,7-8,10H2,(H,20,23). The number of H-pyrrole nitrogens is 1. The van der Waals surface area contributed by atoms with Crippen LogP contribution in [0.2, 0.25) is 5.02 Å². The quantitative estimate of drug-likeness (QED) is 0.627. The van der Waals surface area contributed by atoms with E-state index in [9.17, 15) is 4.79 Å². The van der Waals surface area contributed by atoms with Gasteiger partial charge in [-0.25, -0.2) is 14.9 Å². The summed E-state index contributed by atoms with van der Waals surface area (Å²) in [6.45, 7) is 1.31. The highest BCUT2D eigenvalue weighted by Gasteiger charge is 2.20. The summed E-state index contributed by atoms with van der Waals surface area (Å²) >= 11 is 9.30. The van der Waals surface area contributed by atoms with Gasteiger partial charge in [0.2, 0.25) is 0 Å². The Bertz CT molecular complexity index is 946. The number of nitrogens with one attached hydrogen (secondary N) is 1. The smallest absolute Gasteiger partial charge is 0.344 e. The monoisotopic (exact) mass is 408 g/mol. The van der Waals surface area contributed by atoms with Gasteiger partial charge in [-0.1, -0.05) is 41.6 Å². The largest absolute Gasteiger partial charge is 0.376 e. The van der Waals surface area contributed by atoms with Gasteiger partial charge < -0.3 is 4.74 Å². The number of aromatic amines is 1. The van der Waals surface area contributed by atoms with Gasteiger partial charge in [0.25, 0.3) is 0 Å². The Kier molecular flexibility index (Phi) is 5.44. The van der Waals surface area contributed by atoms with E-state index in [1.807, 2.05) is 29.6 Å². The van der Waals surface area contributed by atoms with E-state index >= 15 is 0 Å². The topological polar surface area (TPSA) is 72.8 Å². The van der Waals surface area contributed by atoms with Crippen molar-refractivity contribution in [2.45, 2.75) is 36.4 Å². The summed E-state index contributed by atoms with van der Waals surface area (Å²) < 4.78 is 7.28. The van der Waals surface area contributed by atoms with Crippen molar-refractivity contribution in [2.24, 2.45) is 0 Å². The number of rotatable bonds is 6. The van der Waals surface area contributed by atoms with E-state index in [-0.39, 0.29) is 11.8 Å². The number of thiazole rings is 1. The molecular weight excluding hydrogens is 392 g/mol. The second-order valence-corrected chi connectivity index (χ2v) is 8.18. The highest BCUT2D eigenvalue weighted by atomic mass is 35.5. The predicted molar refractivity (Wildman–Crippen MR) is 104 cm³/mol. The van der Waals surface area contributed by atoms with E-state index < -0.39 is 0 Å². The molecule has 136 valence electrons. The molecule has 6 nitrogen and oxygen atoms in total. The lowest BCUT2D eigenvalue weighted by atomic mass is 10.2. The fraction of sp³-hybridized carbons (Fsp3) is 0.353. The second-order valence-electron chi connectivity index (χ2n) is 5.97. The minimum Gasteiger partial charge on any atom is -0.376 e. The molecule has 1 atom stereocenters. The van der Waals surface area contributed by atoms with Crippen LogP contribution in [0.1, 0.15) is 18.5 Å². The first-order valence-electron chi connectivity index (χ1n) is 8.29. The fourth-order valence-corrected chi connectivity index (χ4v) is 4.93. The molecule has 1 fully saturated rings. The lowest BCUT2D eigenvalue weighted by Gasteiger charge is -2.10. The first-order valence-corrected chi connectivity index (χ1v) is 10.5. The number of benzene rings is 1. The predicted octanol–water partition coefficient (Wildman–Crippen LogP) is 3.82. The lowest BCUT2D eigenvalue weighted by molar-refractivity contribution is 0.0941. The zero-order chi connectivity index (χ0) is 17.9. The molecular formula is C17H17ClN4O2S2. The summed E-state index contributed by atoms with van der Waals surface area (Å²) in [5, 5.41) is 10.9. The first kappa shape index (κ1) is 17.8.